The number of aliphatic imine (C=N–C) groups is 1. The summed E-state index contributed by atoms with van der Waals surface area (Å²) in [4.78, 5) is 30.2. The second-order valence-corrected chi connectivity index (χ2v) is 6.08. The Hall–Kier alpha value is -1.79. The average molecular weight is 293 g/mol. The summed E-state index contributed by atoms with van der Waals surface area (Å²) < 4.78 is 0. The van der Waals surface area contributed by atoms with Crippen LogP contribution < -0.4 is 16.4 Å². The highest BCUT2D eigenvalue weighted by atomic mass is 16.2. The number of carbonyl (C=O) groups is 2. The lowest BCUT2D eigenvalue weighted by Gasteiger charge is -2.34. The Morgan fingerprint density at radius 1 is 1.38 bits per heavy atom. The summed E-state index contributed by atoms with van der Waals surface area (Å²) in [5.74, 6) is 0.539. The molecular formula is C14H23N5O2. The number of hydrogen-bond acceptors (Lipinski definition) is 3. The second-order valence-electron chi connectivity index (χ2n) is 6.08. The molecule has 4 N–H and O–H groups in total. The van der Waals surface area contributed by atoms with E-state index in [1.165, 1.54) is 0 Å². The first-order chi connectivity index (χ1) is 10.1. The van der Waals surface area contributed by atoms with Crippen molar-refractivity contribution < 1.29 is 9.59 Å². The highest BCUT2D eigenvalue weighted by Crippen LogP contribution is 2.23. The zero-order chi connectivity index (χ0) is 14.8. The largest absolute Gasteiger partial charge is 0.370 e. The Bertz CT molecular complexity index is 460. The van der Waals surface area contributed by atoms with E-state index in [1.54, 1.807) is 4.90 Å². The van der Waals surface area contributed by atoms with Gasteiger partial charge in [0.25, 0.3) is 0 Å². The Morgan fingerprint density at radius 2 is 2.19 bits per heavy atom. The average Bonchev–Trinajstić information content (AvgIpc) is 3.12. The van der Waals surface area contributed by atoms with Gasteiger partial charge in [-0.3, -0.25) is 14.6 Å². The molecule has 7 nitrogen and oxygen atoms in total. The van der Waals surface area contributed by atoms with Gasteiger partial charge >= 0.3 is 0 Å². The van der Waals surface area contributed by atoms with Crippen molar-refractivity contribution in [3.8, 4) is 0 Å². The molecule has 2 heterocycles. The van der Waals surface area contributed by atoms with Gasteiger partial charge < -0.3 is 21.3 Å². The van der Waals surface area contributed by atoms with Gasteiger partial charge in [-0.25, -0.2) is 0 Å². The third-order valence-electron chi connectivity index (χ3n) is 4.32. The van der Waals surface area contributed by atoms with Crippen molar-refractivity contribution in [1.29, 1.82) is 0 Å². The molecule has 7 heteroatoms. The minimum absolute atomic E-state index is 0.00415. The first-order valence-corrected chi connectivity index (χ1v) is 7.82. The van der Waals surface area contributed by atoms with Crippen molar-refractivity contribution in [3.63, 3.8) is 0 Å². The van der Waals surface area contributed by atoms with Crippen molar-refractivity contribution in [2.45, 2.75) is 56.7 Å². The number of nitrogens with two attached hydrogens (primary N) is 1. The van der Waals surface area contributed by atoms with E-state index in [9.17, 15) is 9.59 Å². The van der Waals surface area contributed by atoms with Crippen LogP contribution in [0, 0.1) is 0 Å². The van der Waals surface area contributed by atoms with E-state index in [0.29, 0.717) is 31.5 Å². The summed E-state index contributed by atoms with van der Waals surface area (Å²) in [6.07, 6.45) is 5.39. The molecular weight excluding hydrogens is 270 g/mol. The van der Waals surface area contributed by atoms with E-state index in [0.717, 1.165) is 32.1 Å². The van der Waals surface area contributed by atoms with Crippen LogP contribution in [-0.4, -0.2) is 53.9 Å². The minimum atomic E-state index is -0.389. The third kappa shape index (κ3) is 3.28. The maximum absolute atomic E-state index is 12.3. The van der Waals surface area contributed by atoms with Gasteiger partial charge in [-0.05, 0) is 38.5 Å². The van der Waals surface area contributed by atoms with Crippen LogP contribution in [0.5, 0.6) is 0 Å². The second kappa shape index (κ2) is 5.91. The van der Waals surface area contributed by atoms with E-state index < -0.39 is 0 Å². The lowest BCUT2D eigenvalue weighted by molar-refractivity contribution is -0.147. The summed E-state index contributed by atoms with van der Waals surface area (Å²) in [6.45, 7) is 1.29. The molecule has 0 unspecified atom stereocenters. The number of carbonyl (C=O) groups excluding carboxylic acids is 2. The molecule has 3 aliphatic rings. The van der Waals surface area contributed by atoms with Gasteiger partial charge in [0.15, 0.2) is 5.96 Å². The fourth-order valence-corrected chi connectivity index (χ4v) is 3.01. The van der Waals surface area contributed by atoms with Gasteiger partial charge in [-0.2, -0.15) is 0 Å². The highest BCUT2D eigenvalue weighted by molar-refractivity contribution is 5.97. The molecule has 2 saturated heterocycles. The lowest BCUT2D eigenvalue weighted by Crippen LogP contribution is -2.61. The van der Waals surface area contributed by atoms with Crippen molar-refractivity contribution in [2.24, 2.45) is 10.7 Å². The predicted octanol–water partition coefficient (Wildman–Crippen LogP) is -0.677. The molecule has 1 saturated carbocycles. The van der Waals surface area contributed by atoms with Gasteiger partial charge in [0.05, 0.1) is 0 Å². The van der Waals surface area contributed by atoms with Crippen LogP contribution in [0.15, 0.2) is 4.99 Å². The Morgan fingerprint density at radius 3 is 2.95 bits per heavy atom. The maximum atomic E-state index is 12.3. The summed E-state index contributed by atoms with van der Waals surface area (Å²) >= 11 is 0. The van der Waals surface area contributed by atoms with Crippen LogP contribution in [0.2, 0.25) is 0 Å². The first-order valence-electron chi connectivity index (χ1n) is 7.82. The van der Waals surface area contributed by atoms with Crippen molar-refractivity contribution in [2.75, 3.05) is 13.1 Å². The molecule has 0 aromatic rings. The van der Waals surface area contributed by atoms with Crippen LogP contribution in [-0.2, 0) is 9.59 Å². The van der Waals surface area contributed by atoms with Gasteiger partial charge in [-0.15, -0.1) is 0 Å². The fourth-order valence-electron chi connectivity index (χ4n) is 3.01. The van der Waals surface area contributed by atoms with Crippen LogP contribution in [0.3, 0.4) is 0 Å². The van der Waals surface area contributed by atoms with Crippen LogP contribution in [0.25, 0.3) is 0 Å². The van der Waals surface area contributed by atoms with Gasteiger partial charge in [0.1, 0.15) is 12.1 Å². The normalized spacial score (nSPS) is 29.3. The number of nitrogens with zero attached hydrogens (tertiary/aromatic N) is 2. The van der Waals surface area contributed by atoms with Crippen molar-refractivity contribution in [3.05, 3.63) is 0 Å². The summed E-state index contributed by atoms with van der Waals surface area (Å²) in [5, 5.41) is 5.96. The van der Waals surface area contributed by atoms with E-state index in [1.807, 2.05) is 0 Å². The Kier molecular flexibility index (Phi) is 3.98. The molecule has 0 radical (unpaired) electrons. The number of rotatable bonds is 5. The van der Waals surface area contributed by atoms with E-state index in [4.69, 9.17) is 5.73 Å². The smallest absolute Gasteiger partial charge is 0.245 e. The molecule has 2 amide bonds. The zero-order valence-corrected chi connectivity index (χ0v) is 12.2. The molecule has 2 atom stereocenters. The van der Waals surface area contributed by atoms with Crippen LogP contribution in [0.4, 0.5) is 0 Å². The number of amides is 2. The molecule has 3 fully saturated rings. The third-order valence-corrected chi connectivity index (χ3v) is 4.32. The number of guanidine groups is 1. The number of hydrogen-bond donors (Lipinski definition) is 3. The van der Waals surface area contributed by atoms with E-state index in [2.05, 4.69) is 15.6 Å². The first kappa shape index (κ1) is 14.2. The monoisotopic (exact) mass is 293 g/mol. The summed E-state index contributed by atoms with van der Waals surface area (Å²) in [5.41, 5.74) is 5.75. The molecule has 21 heavy (non-hydrogen) atoms. The van der Waals surface area contributed by atoms with Crippen LogP contribution in [0.1, 0.15) is 38.5 Å². The highest BCUT2D eigenvalue weighted by Gasteiger charge is 2.42. The molecule has 0 aromatic heterocycles. The number of fused-ring (bicyclic) bond motifs is 1. The fraction of sp³-hybridized carbons (Fsp3) is 0.786. The molecule has 2 aliphatic heterocycles. The van der Waals surface area contributed by atoms with E-state index in [-0.39, 0.29) is 23.9 Å². The Balaban J connectivity index is 1.44. The van der Waals surface area contributed by atoms with Gasteiger partial charge in [-0.1, -0.05) is 0 Å². The van der Waals surface area contributed by atoms with Crippen molar-refractivity contribution in [1.82, 2.24) is 15.5 Å². The maximum Gasteiger partial charge on any atom is 0.245 e. The molecule has 0 aromatic carbocycles. The van der Waals surface area contributed by atoms with Gasteiger partial charge in [0.2, 0.25) is 11.8 Å². The lowest BCUT2D eigenvalue weighted by atomic mass is 10.0. The summed E-state index contributed by atoms with van der Waals surface area (Å²) in [7, 11) is 0. The standard InChI is InChI=1S/C14H23N5O2/c15-14(17-9-5-6-9)16-7-1-3-10-13(21)19-8-2-4-11(19)12(20)18-10/h9-11H,1-8H2,(H,18,20)(H3,15,16,17)/t10-,11-/m0/s1. The quantitative estimate of drug-likeness (QED) is 0.355. The molecule has 1 aliphatic carbocycles. The van der Waals surface area contributed by atoms with Crippen LogP contribution >= 0.6 is 0 Å². The molecule has 3 rings (SSSR count). The number of piperazine rings is 1. The number of nitrogens with one attached hydrogen (secondary N) is 2. The topological polar surface area (TPSA) is 99.8 Å². The van der Waals surface area contributed by atoms with E-state index >= 15 is 0 Å². The molecule has 0 bridgehead atoms. The SMILES string of the molecule is NC(=NCCC[C@@H]1NC(=O)[C@@H]2CCCN2C1=O)NC1CC1. The minimum Gasteiger partial charge on any atom is -0.370 e. The summed E-state index contributed by atoms with van der Waals surface area (Å²) in [6, 6.07) is -0.120. The van der Waals surface area contributed by atoms with Crippen molar-refractivity contribution >= 4 is 17.8 Å². The molecule has 0 spiro atoms. The zero-order valence-electron chi connectivity index (χ0n) is 12.2. The Labute approximate surface area is 124 Å². The predicted molar refractivity (Wildman–Crippen MR) is 78.5 cm³/mol. The van der Waals surface area contributed by atoms with Gasteiger partial charge in [0, 0.05) is 19.1 Å². The molecule has 116 valence electrons.